The van der Waals surface area contributed by atoms with Crippen molar-refractivity contribution in [3.05, 3.63) is 40.3 Å². The van der Waals surface area contributed by atoms with Gasteiger partial charge in [0.15, 0.2) is 0 Å². The lowest BCUT2D eigenvalue weighted by molar-refractivity contribution is 0.930. The van der Waals surface area contributed by atoms with Gasteiger partial charge in [0, 0.05) is 4.88 Å². The predicted octanol–water partition coefficient (Wildman–Crippen LogP) is 4.38. The number of hydrogen-bond donors (Lipinski definition) is 1. The number of aryl methyl sites for hydroxylation is 1. The molecule has 0 aliphatic heterocycles. The summed E-state index contributed by atoms with van der Waals surface area (Å²) < 4.78 is 0. The highest BCUT2D eigenvalue weighted by Gasteiger charge is 2.16. The zero-order valence-electron chi connectivity index (χ0n) is 11.4. The fraction of sp³-hybridized carbons (Fsp3) is 0.312. The summed E-state index contributed by atoms with van der Waals surface area (Å²) in [6.07, 6.45) is 3.00. The summed E-state index contributed by atoms with van der Waals surface area (Å²) in [6.45, 7) is 4.28. The zero-order chi connectivity index (χ0) is 13.8. The molecule has 0 bridgehead atoms. The lowest BCUT2D eigenvalue weighted by atomic mass is 10.0. The Labute approximate surface area is 118 Å². The molecular weight excluding hydrogens is 252 g/mol. The minimum atomic E-state index is 0.637. The third-order valence-electron chi connectivity index (χ3n) is 3.27. The lowest BCUT2D eigenvalue weighted by Crippen LogP contribution is -1.93. The van der Waals surface area contributed by atoms with Crippen molar-refractivity contribution in [3.8, 4) is 16.5 Å². The molecule has 0 aliphatic rings. The van der Waals surface area contributed by atoms with E-state index in [1.165, 1.54) is 22.5 Å². The number of anilines is 1. The van der Waals surface area contributed by atoms with E-state index in [1.807, 2.05) is 0 Å². The Balaban J connectivity index is 2.50. The van der Waals surface area contributed by atoms with Gasteiger partial charge in [0.2, 0.25) is 0 Å². The Morgan fingerprint density at radius 2 is 1.89 bits per heavy atom. The predicted molar refractivity (Wildman–Crippen MR) is 82.3 cm³/mol. The quantitative estimate of drug-likeness (QED) is 0.896. The van der Waals surface area contributed by atoms with Crippen molar-refractivity contribution in [2.75, 3.05) is 5.73 Å². The molecule has 0 aliphatic carbocycles. The molecule has 0 spiro atoms. The van der Waals surface area contributed by atoms with Crippen molar-refractivity contribution >= 4 is 17.0 Å². The second kappa shape index (κ2) is 5.90. The van der Waals surface area contributed by atoms with Gasteiger partial charge in [-0.2, -0.15) is 5.26 Å². The smallest absolute Gasteiger partial charge is 0.128 e. The van der Waals surface area contributed by atoms with Gasteiger partial charge in [0.05, 0.1) is 5.69 Å². The van der Waals surface area contributed by atoms with Crippen LogP contribution >= 0.6 is 11.3 Å². The Morgan fingerprint density at radius 3 is 2.42 bits per heavy atom. The van der Waals surface area contributed by atoms with Crippen molar-refractivity contribution in [3.63, 3.8) is 0 Å². The average Bonchev–Trinajstić information content (AvgIpc) is 2.76. The average molecular weight is 270 g/mol. The number of nitrogens with zero attached hydrogens (tertiary/aromatic N) is 1. The maximum Gasteiger partial charge on any atom is 0.128 e. The highest BCUT2D eigenvalue weighted by atomic mass is 32.1. The highest BCUT2D eigenvalue weighted by Crippen LogP contribution is 2.39. The van der Waals surface area contributed by atoms with Gasteiger partial charge >= 0.3 is 0 Å². The maximum absolute atomic E-state index is 9.13. The third-order valence-corrected chi connectivity index (χ3v) is 4.48. The fourth-order valence-corrected chi connectivity index (χ4v) is 3.26. The van der Waals surface area contributed by atoms with Gasteiger partial charge in [0.1, 0.15) is 10.9 Å². The van der Waals surface area contributed by atoms with Crippen LogP contribution in [0.1, 0.15) is 36.3 Å². The summed E-state index contributed by atoms with van der Waals surface area (Å²) in [7, 11) is 0. The Hall–Kier alpha value is -1.79. The first-order chi connectivity index (χ1) is 9.21. The highest BCUT2D eigenvalue weighted by molar-refractivity contribution is 7.16. The van der Waals surface area contributed by atoms with Crippen LogP contribution in [0.2, 0.25) is 0 Å². The molecule has 2 nitrogen and oxygen atoms in total. The lowest BCUT2D eigenvalue weighted by Gasteiger charge is -2.05. The van der Waals surface area contributed by atoms with Crippen molar-refractivity contribution < 1.29 is 0 Å². The largest absolute Gasteiger partial charge is 0.397 e. The number of benzene rings is 1. The number of hydrogen-bond acceptors (Lipinski definition) is 3. The van der Waals surface area contributed by atoms with Crippen LogP contribution in [-0.4, -0.2) is 0 Å². The van der Waals surface area contributed by atoms with Gasteiger partial charge in [0.25, 0.3) is 0 Å². The van der Waals surface area contributed by atoms with E-state index in [0.717, 1.165) is 29.7 Å². The topological polar surface area (TPSA) is 49.8 Å². The van der Waals surface area contributed by atoms with E-state index in [1.54, 1.807) is 0 Å². The van der Waals surface area contributed by atoms with Crippen LogP contribution < -0.4 is 5.73 Å². The molecule has 1 aromatic heterocycles. The molecule has 0 radical (unpaired) electrons. The van der Waals surface area contributed by atoms with Gasteiger partial charge in [-0.25, -0.2) is 0 Å². The number of nitrogen functional groups attached to an aromatic ring is 1. The third kappa shape index (κ3) is 2.64. The molecule has 2 N–H and O–H groups in total. The van der Waals surface area contributed by atoms with Gasteiger partial charge in [-0.05, 0) is 29.5 Å². The van der Waals surface area contributed by atoms with Crippen molar-refractivity contribution in [2.45, 2.75) is 33.1 Å². The Morgan fingerprint density at radius 1 is 1.21 bits per heavy atom. The molecule has 0 fully saturated rings. The summed E-state index contributed by atoms with van der Waals surface area (Å²) >= 11 is 1.51. The number of thiophene rings is 1. The van der Waals surface area contributed by atoms with Gasteiger partial charge in [-0.1, -0.05) is 44.5 Å². The van der Waals surface area contributed by atoms with E-state index in [2.05, 4.69) is 44.2 Å². The molecule has 2 aromatic rings. The molecule has 0 saturated carbocycles. The van der Waals surface area contributed by atoms with E-state index in [0.29, 0.717) is 10.6 Å². The molecule has 0 atom stereocenters. The van der Waals surface area contributed by atoms with Crippen LogP contribution in [0.5, 0.6) is 0 Å². The fourth-order valence-electron chi connectivity index (χ4n) is 2.18. The monoisotopic (exact) mass is 270 g/mol. The van der Waals surface area contributed by atoms with Crippen molar-refractivity contribution in [1.29, 1.82) is 5.26 Å². The van der Waals surface area contributed by atoms with Crippen LogP contribution in [0.4, 0.5) is 5.69 Å². The Bertz CT molecular complexity index is 603. The second-order valence-electron chi connectivity index (χ2n) is 4.56. The molecule has 3 heteroatoms. The first-order valence-electron chi connectivity index (χ1n) is 6.61. The summed E-state index contributed by atoms with van der Waals surface area (Å²) in [5.74, 6) is 0. The summed E-state index contributed by atoms with van der Waals surface area (Å²) in [6, 6.07) is 10.8. The molecular formula is C16H18N2S. The maximum atomic E-state index is 9.13. The van der Waals surface area contributed by atoms with Gasteiger partial charge in [-0.15, -0.1) is 11.3 Å². The Kier molecular flexibility index (Phi) is 4.24. The van der Waals surface area contributed by atoms with Crippen LogP contribution in [0.15, 0.2) is 24.3 Å². The summed E-state index contributed by atoms with van der Waals surface area (Å²) in [5, 5.41) is 9.13. The molecule has 0 saturated heterocycles. The van der Waals surface area contributed by atoms with Crippen LogP contribution in [0.25, 0.3) is 10.4 Å². The van der Waals surface area contributed by atoms with Gasteiger partial charge in [-0.3, -0.25) is 0 Å². The van der Waals surface area contributed by atoms with Crippen LogP contribution in [0, 0.1) is 11.3 Å². The molecule has 0 amide bonds. The summed E-state index contributed by atoms with van der Waals surface area (Å²) in [5.41, 5.74) is 10.4. The van der Waals surface area contributed by atoms with E-state index < -0.39 is 0 Å². The SMILES string of the molecule is CCCc1c(-c2ccc(CC)cc2)sc(C#N)c1N. The minimum Gasteiger partial charge on any atom is -0.397 e. The van der Waals surface area contributed by atoms with Gasteiger partial charge < -0.3 is 5.73 Å². The van der Waals surface area contributed by atoms with Crippen molar-refractivity contribution in [2.24, 2.45) is 0 Å². The molecule has 2 rings (SSSR count). The van der Waals surface area contributed by atoms with Crippen molar-refractivity contribution in [1.82, 2.24) is 0 Å². The number of rotatable bonds is 4. The number of nitriles is 1. The minimum absolute atomic E-state index is 0.637. The molecule has 0 unspecified atom stereocenters. The standard InChI is InChI=1S/C16H18N2S/c1-3-5-13-15(18)14(10-17)19-16(13)12-8-6-11(4-2)7-9-12/h6-9H,3-5,18H2,1-2H3. The van der Waals surface area contributed by atoms with E-state index >= 15 is 0 Å². The normalized spacial score (nSPS) is 10.4. The summed E-state index contributed by atoms with van der Waals surface area (Å²) in [4.78, 5) is 1.79. The van der Waals surface area contributed by atoms with E-state index in [4.69, 9.17) is 11.0 Å². The second-order valence-corrected chi connectivity index (χ2v) is 5.59. The number of nitrogens with two attached hydrogens (primary N) is 1. The van der Waals surface area contributed by atoms with E-state index in [-0.39, 0.29) is 0 Å². The molecule has 98 valence electrons. The van der Waals surface area contributed by atoms with Crippen LogP contribution in [-0.2, 0) is 12.8 Å². The molecule has 1 heterocycles. The first-order valence-corrected chi connectivity index (χ1v) is 7.43. The zero-order valence-corrected chi connectivity index (χ0v) is 12.2. The first kappa shape index (κ1) is 13.6. The molecule has 19 heavy (non-hydrogen) atoms. The van der Waals surface area contributed by atoms with Crippen LogP contribution in [0.3, 0.4) is 0 Å². The molecule has 1 aromatic carbocycles. The van der Waals surface area contributed by atoms with E-state index in [9.17, 15) is 0 Å².